The Balaban J connectivity index is 1.63. The Labute approximate surface area is 189 Å². The number of aliphatic hydroxyl groups is 1. The summed E-state index contributed by atoms with van der Waals surface area (Å²) in [5.41, 5.74) is 0.585. The van der Waals surface area contributed by atoms with E-state index >= 15 is 0 Å². The van der Waals surface area contributed by atoms with Crippen LogP contribution in [-0.2, 0) is 16.9 Å². The van der Waals surface area contributed by atoms with E-state index in [0.29, 0.717) is 17.8 Å². The number of fused-ring (bicyclic) bond motifs is 1. The standard InChI is InChI=1S/C27H19F2NO3/c28-22-14-21(25(31)15-23(22)29)27(33)20-12-6-7-13-24(20)30(26(27)32)16-18-10-4-5-11-19(18)17-8-2-1-3-9-17/h1-15,31,33H,16H2. The summed E-state index contributed by atoms with van der Waals surface area (Å²) in [5, 5.41) is 21.9. The van der Waals surface area contributed by atoms with E-state index in [0.717, 1.165) is 16.7 Å². The van der Waals surface area contributed by atoms with Gasteiger partial charge >= 0.3 is 0 Å². The fraction of sp³-hybridized carbons (Fsp3) is 0.0741. The molecule has 1 unspecified atom stereocenters. The summed E-state index contributed by atoms with van der Waals surface area (Å²) >= 11 is 0. The molecule has 2 N–H and O–H groups in total. The van der Waals surface area contributed by atoms with Crippen LogP contribution in [0.4, 0.5) is 14.5 Å². The van der Waals surface area contributed by atoms with Gasteiger partial charge in [0.1, 0.15) is 5.75 Å². The SMILES string of the molecule is O=C1N(Cc2ccccc2-c2ccccc2)c2ccccc2C1(O)c1cc(F)c(F)cc1O. The van der Waals surface area contributed by atoms with Gasteiger partial charge in [0.25, 0.3) is 5.91 Å². The van der Waals surface area contributed by atoms with Crippen LogP contribution in [0.25, 0.3) is 11.1 Å². The van der Waals surface area contributed by atoms with Crippen LogP contribution in [0.1, 0.15) is 16.7 Å². The lowest BCUT2D eigenvalue weighted by Gasteiger charge is -2.25. The summed E-state index contributed by atoms with van der Waals surface area (Å²) in [5.74, 6) is -4.00. The summed E-state index contributed by atoms with van der Waals surface area (Å²) in [6.07, 6.45) is 0. The van der Waals surface area contributed by atoms with Gasteiger partial charge in [-0.2, -0.15) is 0 Å². The molecule has 1 aliphatic rings. The van der Waals surface area contributed by atoms with Crippen LogP contribution in [0.5, 0.6) is 5.75 Å². The fourth-order valence-corrected chi connectivity index (χ4v) is 4.41. The quantitative estimate of drug-likeness (QED) is 0.460. The molecule has 4 aromatic rings. The van der Waals surface area contributed by atoms with Crippen molar-refractivity contribution < 1.29 is 23.8 Å². The first-order valence-corrected chi connectivity index (χ1v) is 10.4. The van der Waals surface area contributed by atoms with E-state index < -0.39 is 34.5 Å². The zero-order valence-corrected chi connectivity index (χ0v) is 17.4. The highest BCUT2D eigenvalue weighted by atomic mass is 19.2. The van der Waals surface area contributed by atoms with E-state index in [2.05, 4.69) is 0 Å². The third-order valence-electron chi connectivity index (χ3n) is 6.00. The van der Waals surface area contributed by atoms with E-state index in [1.807, 2.05) is 54.6 Å². The average Bonchev–Trinajstić information content (AvgIpc) is 3.05. The van der Waals surface area contributed by atoms with E-state index in [1.54, 1.807) is 18.2 Å². The first-order chi connectivity index (χ1) is 15.9. The first kappa shape index (κ1) is 20.8. The molecular formula is C27H19F2NO3. The minimum atomic E-state index is -2.36. The van der Waals surface area contributed by atoms with Gasteiger partial charge in [-0.15, -0.1) is 0 Å². The molecule has 5 rings (SSSR count). The Morgan fingerprint density at radius 2 is 1.42 bits per heavy atom. The summed E-state index contributed by atoms with van der Waals surface area (Å²) in [4.78, 5) is 15.0. The number of aromatic hydroxyl groups is 1. The largest absolute Gasteiger partial charge is 0.507 e. The third-order valence-corrected chi connectivity index (χ3v) is 6.00. The van der Waals surface area contributed by atoms with Gasteiger partial charge in [-0.1, -0.05) is 72.8 Å². The van der Waals surface area contributed by atoms with Crippen molar-refractivity contribution in [3.05, 3.63) is 119 Å². The second-order valence-electron chi connectivity index (χ2n) is 7.93. The van der Waals surface area contributed by atoms with Gasteiger partial charge in [0.15, 0.2) is 11.6 Å². The number of para-hydroxylation sites is 1. The van der Waals surface area contributed by atoms with E-state index in [-0.39, 0.29) is 12.1 Å². The van der Waals surface area contributed by atoms with Crippen LogP contribution >= 0.6 is 0 Å². The number of amides is 1. The van der Waals surface area contributed by atoms with Crippen molar-refractivity contribution in [3.8, 4) is 16.9 Å². The van der Waals surface area contributed by atoms with Gasteiger partial charge in [-0.3, -0.25) is 4.79 Å². The summed E-state index contributed by atoms with van der Waals surface area (Å²) in [6, 6.07) is 25.1. The maximum Gasteiger partial charge on any atom is 0.268 e. The van der Waals surface area contributed by atoms with E-state index in [9.17, 15) is 23.8 Å². The van der Waals surface area contributed by atoms with Gasteiger partial charge in [0.2, 0.25) is 5.60 Å². The van der Waals surface area contributed by atoms with Gasteiger partial charge in [0, 0.05) is 17.2 Å². The topological polar surface area (TPSA) is 60.8 Å². The molecule has 0 spiro atoms. The van der Waals surface area contributed by atoms with Gasteiger partial charge in [0.05, 0.1) is 12.2 Å². The second-order valence-corrected chi connectivity index (χ2v) is 7.93. The lowest BCUT2D eigenvalue weighted by Crippen LogP contribution is -2.41. The molecule has 6 heteroatoms. The molecule has 0 aromatic heterocycles. The minimum Gasteiger partial charge on any atom is -0.507 e. The molecule has 1 aliphatic heterocycles. The molecule has 1 heterocycles. The number of nitrogens with zero attached hydrogens (tertiary/aromatic N) is 1. The smallest absolute Gasteiger partial charge is 0.268 e. The number of phenolic OH excluding ortho intramolecular Hbond substituents is 1. The normalized spacial score (nSPS) is 17.3. The minimum absolute atomic E-state index is 0.133. The van der Waals surface area contributed by atoms with Crippen molar-refractivity contribution in [2.75, 3.05) is 4.90 Å². The van der Waals surface area contributed by atoms with Crippen LogP contribution < -0.4 is 4.90 Å². The lowest BCUT2D eigenvalue weighted by atomic mass is 9.86. The van der Waals surface area contributed by atoms with Crippen molar-refractivity contribution in [3.63, 3.8) is 0 Å². The van der Waals surface area contributed by atoms with Crippen LogP contribution in [0, 0.1) is 11.6 Å². The van der Waals surface area contributed by atoms with Gasteiger partial charge < -0.3 is 15.1 Å². The predicted octanol–water partition coefficient (Wildman–Crippen LogP) is 5.12. The zero-order chi connectivity index (χ0) is 23.2. The molecular weight excluding hydrogens is 424 g/mol. The first-order valence-electron chi connectivity index (χ1n) is 10.4. The maximum atomic E-state index is 14.0. The monoisotopic (exact) mass is 443 g/mol. The Morgan fingerprint density at radius 3 is 2.21 bits per heavy atom. The number of hydrogen-bond acceptors (Lipinski definition) is 3. The number of benzene rings is 4. The van der Waals surface area contributed by atoms with E-state index in [4.69, 9.17) is 0 Å². The Hall–Kier alpha value is -4.03. The highest BCUT2D eigenvalue weighted by Crippen LogP contribution is 2.48. The molecule has 0 radical (unpaired) electrons. The number of halogens is 2. The maximum absolute atomic E-state index is 14.0. The molecule has 33 heavy (non-hydrogen) atoms. The molecule has 1 atom stereocenters. The number of phenols is 1. The van der Waals surface area contributed by atoms with Gasteiger partial charge in [-0.25, -0.2) is 8.78 Å². The van der Waals surface area contributed by atoms with Crippen molar-refractivity contribution in [1.82, 2.24) is 0 Å². The summed E-state index contributed by atoms with van der Waals surface area (Å²) in [6.45, 7) is 0.133. The Kier molecular flexibility index (Phi) is 4.95. The molecule has 0 fully saturated rings. The Morgan fingerprint density at radius 1 is 0.788 bits per heavy atom. The molecule has 164 valence electrons. The number of hydrogen-bond donors (Lipinski definition) is 2. The molecule has 0 bridgehead atoms. The summed E-state index contributed by atoms with van der Waals surface area (Å²) < 4.78 is 27.7. The van der Waals surface area contributed by atoms with E-state index in [1.165, 1.54) is 11.0 Å². The molecule has 1 amide bonds. The van der Waals surface area contributed by atoms with Crippen LogP contribution in [0.15, 0.2) is 91.0 Å². The van der Waals surface area contributed by atoms with Crippen molar-refractivity contribution in [2.24, 2.45) is 0 Å². The van der Waals surface area contributed by atoms with Crippen LogP contribution in [0.2, 0.25) is 0 Å². The number of anilines is 1. The van der Waals surface area contributed by atoms with Crippen molar-refractivity contribution in [2.45, 2.75) is 12.1 Å². The molecule has 0 saturated carbocycles. The predicted molar refractivity (Wildman–Crippen MR) is 121 cm³/mol. The van der Waals surface area contributed by atoms with Crippen LogP contribution in [-0.4, -0.2) is 16.1 Å². The third kappa shape index (κ3) is 3.27. The number of rotatable bonds is 4. The van der Waals surface area contributed by atoms with Gasteiger partial charge in [-0.05, 0) is 28.8 Å². The summed E-state index contributed by atoms with van der Waals surface area (Å²) in [7, 11) is 0. The number of carbonyl (C=O) groups excluding carboxylic acids is 1. The molecule has 4 aromatic carbocycles. The molecule has 0 aliphatic carbocycles. The van der Waals surface area contributed by atoms with Crippen LogP contribution in [0.3, 0.4) is 0 Å². The molecule has 4 nitrogen and oxygen atoms in total. The number of carbonyl (C=O) groups is 1. The zero-order valence-electron chi connectivity index (χ0n) is 17.4. The second kappa shape index (κ2) is 7.83. The highest BCUT2D eigenvalue weighted by Gasteiger charge is 2.52. The highest BCUT2D eigenvalue weighted by molar-refractivity contribution is 6.09. The van der Waals surface area contributed by atoms with Crippen molar-refractivity contribution in [1.29, 1.82) is 0 Å². The lowest BCUT2D eigenvalue weighted by molar-refractivity contribution is -0.132. The Bertz CT molecular complexity index is 1370. The van der Waals surface area contributed by atoms with Crippen molar-refractivity contribution >= 4 is 11.6 Å². The average molecular weight is 443 g/mol. The fourth-order valence-electron chi connectivity index (χ4n) is 4.41. The molecule has 0 saturated heterocycles.